The average Bonchev–Trinajstić information content (AvgIpc) is 3.29. The summed E-state index contributed by atoms with van der Waals surface area (Å²) in [5.41, 5.74) is 10.7. The fourth-order valence-electron chi connectivity index (χ4n) is 4.76. The zero-order valence-corrected chi connectivity index (χ0v) is 22.5. The predicted octanol–water partition coefficient (Wildman–Crippen LogP) is 6.75. The van der Waals surface area contributed by atoms with E-state index in [1.54, 1.807) is 0 Å². The van der Waals surface area contributed by atoms with E-state index < -0.39 is 0 Å². The number of amides is 1. The van der Waals surface area contributed by atoms with E-state index >= 15 is 0 Å². The van der Waals surface area contributed by atoms with E-state index in [1.165, 1.54) is 11.1 Å². The highest BCUT2D eigenvalue weighted by atomic mass is 35.5. The molecule has 5 nitrogen and oxygen atoms in total. The summed E-state index contributed by atoms with van der Waals surface area (Å²) in [6, 6.07) is 25.4. The van der Waals surface area contributed by atoms with Crippen LogP contribution in [0.2, 0.25) is 5.02 Å². The molecule has 0 aliphatic heterocycles. The van der Waals surface area contributed by atoms with E-state index in [4.69, 9.17) is 22.3 Å². The van der Waals surface area contributed by atoms with Gasteiger partial charge < -0.3 is 15.2 Å². The average molecular weight is 515 g/mol. The molecule has 3 aromatic carbocycles. The number of carbonyl (C=O) groups is 1. The van der Waals surface area contributed by atoms with Crippen molar-refractivity contribution in [1.82, 2.24) is 14.5 Å². The Bertz CT molecular complexity index is 1330. The molecule has 0 bridgehead atoms. The van der Waals surface area contributed by atoms with Gasteiger partial charge in [-0.2, -0.15) is 0 Å². The highest BCUT2D eigenvalue weighted by Gasteiger charge is 2.32. The maximum atomic E-state index is 13.8. The molecule has 37 heavy (non-hydrogen) atoms. The summed E-state index contributed by atoms with van der Waals surface area (Å²) < 4.78 is 2.18. The van der Waals surface area contributed by atoms with Crippen molar-refractivity contribution in [3.63, 3.8) is 0 Å². The summed E-state index contributed by atoms with van der Waals surface area (Å²) >= 11 is 6.32. The second-order valence-electron chi connectivity index (χ2n) is 9.81. The zero-order chi connectivity index (χ0) is 26.4. The molecule has 1 atom stereocenters. The lowest BCUT2D eigenvalue weighted by atomic mass is 9.99. The number of nitrogens with zero attached hydrogens (tertiary/aromatic N) is 3. The van der Waals surface area contributed by atoms with E-state index in [1.807, 2.05) is 59.5 Å². The van der Waals surface area contributed by atoms with Crippen LogP contribution in [0.5, 0.6) is 0 Å². The number of benzene rings is 3. The lowest BCUT2D eigenvalue weighted by Crippen LogP contribution is -2.40. The van der Waals surface area contributed by atoms with Crippen molar-refractivity contribution >= 4 is 17.5 Å². The van der Waals surface area contributed by atoms with Crippen LogP contribution in [0.25, 0.3) is 11.3 Å². The van der Waals surface area contributed by atoms with Gasteiger partial charge in [0.05, 0.1) is 11.7 Å². The minimum absolute atomic E-state index is 0.0119. The molecule has 0 fully saturated rings. The summed E-state index contributed by atoms with van der Waals surface area (Å²) in [4.78, 5) is 20.9. The summed E-state index contributed by atoms with van der Waals surface area (Å²) in [7, 11) is 0. The molecule has 0 saturated carbocycles. The highest BCUT2D eigenvalue weighted by Crippen LogP contribution is 2.33. The maximum absolute atomic E-state index is 13.8. The topological polar surface area (TPSA) is 64.2 Å². The number of hydrogen-bond acceptors (Lipinski definition) is 3. The molecule has 0 spiro atoms. The first-order valence-corrected chi connectivity index (χ1v) is 13.2. The Morgan fingerprint density at radius 1 is 1.03 bits per heavy atom. The number of aryl methyl sites for hydroxylation is 1. The van der Waals surface area contributed by atoms with E-state index in [0.29, 0.717) is 36.6 Å². The number of carbonyl (C=O) groups excluding carboxylic acids is 1. The lowest BCUT2D eigenvalue weighted by molar-refractivity contribution is 0.0604. The van der Waals surface area contributed by atoms with Crippen molar-refractivity contribution in [2.75, 3.05) is 13.1 Å². The highest BCUT2D eigenvalue weighted by molar-refractivity contribution is 6.30. The number of aromatic nitrogens is 2. The first-order chi connectivity index (χ1) is 17.9. The third kappa shape index (κ3) is 6.48. The van der Waals surface area contributed by atoms with E-state index in [-0.39, 0.29) is 17.9 Å². The lowest BCUT2D eigenvalue weighted by Gasteiger charge is -2.34. The van der Waals surface area contributed by atoms with Gasteiger partial charge in [-0.1, -0.05) is 85.6 Å². The van der Waals surface area contributed by atoms with Gasteiger partial charge in [0.25, 0.3) is 5.91 Å². The normalized spacial score (nSPS) is 12.1. The van der Waals surface area contributed by atoms with Crippen LogP contribution >= 0.6 is 11.6 Å². The fraction of sp³-hybridized carbons (Fsp3) is 0.290. The summed E-state index contributed by atoms with van der Waals surface area (Å²) in [5, 5.41) is 0.663. The Morgan fingerprint density at radius 2 is 1.78 bits per heavy atom. The van der Waals surface area contributed by atoms with Crippen LogP contribution < -0.4 is 5.73 Å². The van der Waals surface area contributed by atoms with Crippen LogP contribution in [-0.2, 0) is 6.54 Å². The molecular formula is C31H35ClN4O. The standard InChI is InChI=1S/C31H35ClN4O/c1-22(2)29(36(17-9-16-33)31(37)25-12-5-4-6-13-25)30-34-28(26-14-8-15-27(32)19-26)21-35(30)20-24-11-7-10-23(3)18-24/h4-8,10-15,18-19,21-22,29H,9,16-17,20,33H2,1-3H3/t29-/m1/s1. The van der Waals surface area contributed by atoms with Gasteiger partial charge in [-0.05, 0) is 55.6 Å². The largest absolute Gasteiger partial charge is 0.330 e. The molecule has 0 aliphatic carbocycles. The molecular weight excluding hydrogens is 480 g/mol. The van der Waals surface area contributed by atoms with Gasteiger partial charge in [-0.15, -0.1) is 0 Å². The van der Waals surface area contributed by atoms with Gasteiger partial charge in [0.2, 0.25) is 0 Å². The Hall–Kier alpha value is -3.41. The Labute approximate surface area is 224 Å². The fourth-order valence-corrected chi connectivity index (χ4v) is 4.95. The molecule has 0 aliphatic rings. The smallest absolute Gasteiger partial charge is 0.254 e. The van der Waals surface area contributed by atoms with Crippen molar-refractivity contribution in [3.05, 3.63) is 113 Å². The van der Waals surface area contributed by atoms with Crippen LogP contribution in [-0.4, -0.2) is 33.4 Å². The van der Waals surface area contributed by atoms with Crippen LogP contribution in [0.1, 0.15) is 53.6 Å². The number of rotatable bonds is 10. The van der Waals surface area contributed by atoms with Crippen LogP contribution in [0.3, 0.4) is 0 Å². The number of halogens is 1. The quantitative estimate of drug-likeness (QED) is 0.254. The molecule has 1 aromatic heterocycles. The van der Waals surface area contributed by atoms with Gasteiger partial charge in [-0.3, -0.25) is 4.79 Å². The molecule has 4 aromatic rings. The molecule has 1 heterocycles. The molecule has 2 N–H and O–H groups in total. The predicted molar refractivity (Wildman–Crippen MR) is 152 cm³/mol. The molecule has 1 amide bonds. The first kappa shape index (κ1) is 26.6. The van der Waals surface area contributed by atoms with Crippen LogP contribution in [0.4, 0.5) is 0 Å². The maximum Gasteiger partial charge on any atom is 0.254 e. The summed E-state index contributed by atoms with van der Waals surface area (Å²) in [6.45, 7) is 8.09. The van der Waals surface area contributed by atoms with Gasteiger partial charge >= 0.3 is 0 Å². The van der Waals surface area contributed by atoms with Gasteiger partial charge in [0.1, 0.15) is 5.82 Å². The molecule has 0 unspecified atom stereocenters. The monoisotopic (exact) mass is 514 g/mol. The van der Waals surface area contributed by atoms with Crippen LogP contribution in [0, 0.1) is 12.8 Å². The van der Waals surface area contributed by atoms with Gasteiger partial charge in [0, 0.05) is 35.4 Å². The van der Waals surface area contributed by atoms with Gasteiger partial charge in [-0.25, -0.2) is 4.98 Å². The molecule has 6 heteroatoms. The third-order valence-electron chi connectivity index (χ3n) is 6.48. The number of hydrogen-bond donors (Lipinski definition) is 1. The van der Waals surface area contributed by atoms with E-state index in [2.05, 4.69) is 55.8 Å². The van der Waals surface area contributed by atoms with E-state index in [0.717, 1.165) is 17.1 Å². The van der Waals surface area contributed by atoms with Crippen LogP contribution in [0.15, 0.2) is 85.1 Å². The Kier molecular flexibility index (Phi) is 8.80. The molecule has 0 saturated heterocycles. The zero-order valence-electron chi connectivity index (χ0n) is 21.8. The van der Waals surface area contributed by atoms with Crippen molar-refractivity contribution in [2.24, 2.45) is 11.7 Å². The first-order valence-electron chi connectivity index (χ1n) is 12.8. The molecule has 4 rings (SSSR count). The van der Waals surface area contributed by atoms with Crippen molar-refractivity contribution < 1.29 is 4.79 Å². The number of nitrogens with two attached hydrogens (primary N) is 1. The third-order valence-corrected chi connectivity index (χ3v) is 6.71. The van der Waals surface area contributed by atoms with Crippen molar-refractivity contribution in [2.45, 2.75) is 39.8 Å². The van der Waals surface area contributed by atoms with Crippen molar-refractivity contribution in [1.29, 1.82) is 0 Å². The minimum atomic E-state index is -0.239. The number of imidazole rings is 1. The Morgan fingerprint density at radius 3 is 2.46 bits per heavy atom. The summed E-state index contributed by atoms with van der Waals surface area (Å²) in [6.07, 6.45) is 2.79. The SMILES string of the molecule is Cc1cccc(Cn2cc(-c3cccc(Cl)c3)nc2[C@@H](C(C)C)N(CCCN)C(=O)c2ccccc2)c1. The summed E-state index contributed by atoms with van der Waals surface area (Å²) in [5.74, 6) is 0.964. The Balaban J connectivity index is 1.84. The molecule has 0 radical (unpaired) electrons. The van der Waals surface area contributed by atoms with Gasteiger partial charge in [0.15, 0.2) is 0 Å². The van der Waals surface area contributed by atoms with Crippen molar-refractivity contribution in [3.8, 4) is 11.3 Å². The second-order valence-corrected chi connectivity index (χ2v) is 10.2. The molecule has 192 valence electrons. The minimum Gasteiger partial charge on any atom is -0.330 e. The second kappa shape index (κ2) is 12.2. The van der Waals surface area contributed by atoms with E-state index in [9.17, 15) is 4.79 Å².